The van der Waals surface area contributed by atoms with E-state index in [4.69, 9.17) is 23.2 Å². The summed E-state index contributed by atoms with van der Waals surface area (Å²) in [6.45, 7) is 3.69. The standard InChI is InChI=1S/C16H15Cl2NOS/c1-10(16(20)13-3-2-12(17)8-14(13)18)19-6-4-15-11(9-19)5-7-21-15/h2-3,5,7-8,10H,4,6,9H2,1H3. The van der Waals surface area contributed by atoms with Crippen molar-refractivity contribution in [2.75, 3.05) is 6.54 Å². The van der Waals surface area contributed by atoms with E-state index in [0.717, 1.165) is 19.5 Å². The van der Waals surface area contributed by atoms with E-state index in [1.165, 1.54) is 10.4 Å². The molecule has 1 aliphatic heterocycles. The topological polar surface area (TPSA) is 20.3 Å². The summed E-state index contributed by atoms with van der Waals surface area (Å²) < 4.78 is 0. The first kappa shape index (κ1) is 15.0. The molecule has 2 aromatic rings. The molecule has 110 valence electrons. The van der Waals surface area contributed by atoms with Crippen LogP contribution in [-0.4, -0.2) is 23.3 Å². The predicted octanol–water partition coefficient (Wildman–Crippen LogP) is 4.68. The number of benzene rings is 1. The molecule has 1 atom stereocenters. The van der Waals surface area contributed by atoms with E-state index in [-0.39, 0.29) is 11.8 Å². The fourth-order valence-electron chi connectivity index (χ4n) is 2.68. The third-order valence-electron chi connectivity index (χ3n) is 3.96. The van der Waals surface area contributed by atoms with Crippen molar-refractivity contribution in [3.8, 4) is 0 Å². The molecule has 0 amide bonds. The molecule has 0 spiro atoms. The number of fused-ring (bicyclic) bond motifs is 1. The summed E-state index contributed by atoms with van der Waals surface area (Å²) in [5.41, 5.74) is 1.89. The first-order valence-electron chi connectivity index (χ1n) is 6.85. The van der Waals surface area contributed by atoms with Crippen LogP contribution in [0.5, 0.6) is 0 Å². The molecule has 0 N–H and O–H groups in total. The number of thiophene rings is 1. The first-order chi connectivity index (χ1) is 10.1. The van der Waals surface area contributed by atoms with Gasteiger partial charge >= 0.3 is 0 Å². The first-order valence-corrected chi connectivity index (χ1v) is 8.48. The van der Waals surface area contributed by atoms with Gasteiger partial charge in [0.1, 0.15) is 0 Å². The van der Waals surface area contributed by atoms with Crippen LogP contribution in [0, 0.1) is 0 Å². The van der Waals surface area contributed by atoms with Gasteiger partial charge < -0.3 is 0 Å². The Kier molecular flexibility index (Phi) is 4.36. The minimum Gasteiger partial charge on any atom is -0.292 e. The maximum absolute atomic E-state index is 12.7. The summed E-state index contributed by atoms with van der Waals surface area (Å²) in [7, 11) is 0. The summed E-state index contributed by atoms with van der Waals surface area (Å²) in [5, 5.41) is 3.09. The number of carbonyl (C=O) groups is 1. The van der Waals surface area contributed by atoms with Gasteiger partial charge in [0.2, 0.25) is 0 Å². The average molecular weight is 340 g/mol. The second-order valence-corrected chi connectivity index (χ2v) is 7.10. The lowest BCUT2D eigenvalue weighted by Gasteiger charge is -2.31. The van der Waals surface area contributed by atoms with Crippen LogP contribution in [0.2, 0.25) is 10.0 Å². The SMILES string of the molecule is CC(C(=O)c1ccc(Cl)cc1Cl)N1CCc2sccc2C1. The number of Topliss-reactive ketones (excluding diaryl/α,β-unsaturated/α-hetero) is 1. The zero-order valence-corrected chi connectivity index (χ0v) is 13.9. The van der Waals surface area contributed by atoms with E-state index >= 15 is 0 Å². The Labute approximate surface area is 138 Å². The van der Waals surface area contributed by atoms with Crippen molar-refractivity contribution in [2.45, 2.75) is 25.9 Å². The Hall–Kier alpha value is -0.870. The van der Waals surface area contributed by atoms with E-state index < -0.39 is 0 Å². The van der Waals surface area contributed by atoms with Crippen LogP contribution in [-0.2, 0) is 13.0 Å². The number of hydrogen-bond acceptors (Lipinski definition) is 3. The van der Waals surface area contributed by atoms with E-state index in [1.807, 2.05) is 6.92 Å². The molecule has 0 saturated carbocycles. The highest BCUT2D eigenvalue weighted by Gasteiger charge is 2.27. The van der Waals surface area contributed by atoms with E-state index in [9.17, 15) is 4.79 Å². The molecular formula is C16H15Cl2NOS. The van der Waals surface area contributed by atoms with Gasteiger partial charge in [-0.1, -0.05) is 23.2 Å². The Balaban J connectivity index is 1.79. The second kappa shape index (κ2) is 6.09. The molecule has 3 rings (SSSR count). The molecule has 1 aromatic carbocycles. The normalized spacial score (nSPS) is 16.5. The summed E-state index contributed by atoms with van der Waals surface area (Å²) in [6.07, 6.45) is 1.01. The Morgan fingerprint density at radius 1 is 1.33 bits per heavy atom. The van der Waals surface area contributed by atoms with Gasteiger partial charge in [-0.3, -0.25) is 9.69 Å². The van der Waals surface area contributed by atoms with Crippen molar-refractivity contribution in [3.05, 3.63) is 55.7 Å². The number of rotatable bonds is 3. The van der Waals surface area contributed by atoms with E-state index in [0.29, 0.717) is 15.6 Å². The van der Waals surface area contributed by atoms with Gasteiger partial charge in [0.25, 0.3) is 0 Å². The number of carbonyl (C=O) groups excluding carboxylic acids is 1. The van der Waals surface area contributed by atoms with Gasteiger partial charge in [-0.05, 0) is 48.6 Å². The zero-order chi connectivity index (χ0) is 15.0. The second-order valence-electron chi connectivity index (χ2n) is 5.25. The Morgan fingerprint density at radius 3 is 2.90 bits per heavy atom. The van der Waals surface area contributed by atoms with Crippen molar-refractivity contribution in [3.63, 3.8) is 0 Å². The van der Waals surface area contributed by atoms with Gasteiger partial charge in [-0.15, -0.1) is 11.3 Å². The van der Waals surface area contributed by atoms with Crippen LogP contribution >= 0.6 is 34.5 Å². The van der Waals surface area contributed by atoms with Crippen LogP contribution in [0.1, 0.15) is 27.7 Å². The van der Waals surface area contributed by atoms with Crippen molar-refractivity contribution in [1.82, 2.24) is 4.90 Å². The van der Waals surface area contributed by atoms with Crippen LogP contribution in [0.4, 0.5) is 0 Å². The summed E-state index contributed by atoms with van der Waals surface area (Å²) in [4.78, 5) is 16.3. The molecule has 0 saturated heterocycles. The minimum absolute atomic E-state index is 0.0512. The average Bonchev–Trinajstić information content (AvgIpc) is 2.93. The molecule has 2 nitrogen and oxygen atoms in total. The van der Waals surface area contributed by atoms with Gasteiger partial charge in [-0.2, -0.15) is 0 Å². The summed E-state index contributed by atoms with van der Waals surface area (Å²) in [6, 6.07) is 7.01. The maximum Gasteiger partial charge on any atom is 0.181 e. The molecule has 21 heavy (non-hydrogen) atoms. The lowest BCUT2D eigenvalue weighted by Crippen LogP contribution is -2.41. The Morgan fingerprint density at radius 2 is 2.14 bits per heavy atom. The molecule has 0 fully saturated rings. The molecule has 2 heterocycles. The van der Waals surface area contributed by atoms with Crippen molar-refractivity contribution < 1.29 is 4.79 Å². The third kappa shape index (κ3) is 3.02. The summed E-state index contributed by atoms with van der Waals surface area (Å²) >= 11 is 13.8. The Bertz CT molecular complexity index is 683. The molecule has 5 heteroatoms. The molecule has 0 bridgehead atoms. The van der Waals surface area contributed by atoms with Gasteiger partial charge in [0, 0.05) is 28.6 Å². The fourth-order valence-corrected chi connectivity index (χ4v) is 4.07. The number of ketones is 1. The maximum atomic E-state index is 12.7. The van der Waals surface area contributed by atoms with Crippen LogP contribution < -0.4 is 0 Å². The van der Waals surface area contributed by atoms with Gasteiger partial charge in [0.05, 0.1) is 11.1 Å². The van der Waals surface area contributed by atoms with Crippen molar-refractivity contribution in [2.24, 2.45) is 0 Å². The lowest BCUT2D eigenvalue weighted by molar-refractivity contribution is 0.0821. The monoisotopic (exact) mass is 339 g/mol. The quantitative estimate of drug-likeness (QED) is 0.756. The van der Waals surface area contributed by atoms with Gasteiger partial charge in [-0.25, -0.2) is 0 Å². The van der Waals surface area contributed by atoms with E-state index in [1.54, 1.807) is 29.5 Å². The van der Waals surface area contributed by atoms with Crippen LogP contribution in [0.25, 0.3) is 0 Å². The molecular weight excluding hydrogens is 325 g/mol. The number of halogens is 2. The third-order valence-corrected chi connectivity index (χ3v) is 5.53. The van der Waals surface area contributed by atoms with Crippen molar-refractivity contribution >= 4 is 40.3 Å². The lowest BCUT2D eigenvalue weighted by atomic mass is 10.0. The number of hydrogen-bond donors (Lipinski definition) is 0. The van der Waals surface area contributed by atoms with Gasteiger partial charge in [0.15, 0.2) is 5.78 Å². The highest BCUT2D eigenvalue weighted by molar-refractivity contribution is 7.10. The highest BCUT2D eigenvalue weighted by atomic mass is 35.5. The predicted molar refractivity (Wildman–Crippen MR) is 88.7 cm³/mol. The van der Waals surface area contributed by atoms with Crippen LogP contribution in [0.3, 0.4) is 0 Å². The fraction of sp³-hybridized carbons (Fsp3) is 0.312. The van der Waals surface area contributed by atoms with E-state index in [2.05, 4.69) is 16.3 Å². The van der Waals surface area contributed by atoms with Crippen molar-refractivity contribution in [1.29, 1.82) is 0 Å². The largest absolute Gasteiger partial charge is 0.292 e. The molecule has 1 aliphatic rings. The number of nitrogens with zero attached hydrogens (tertiary/aromatic N) is 1. The molecule has 0 aliphatic carbocycles. The summed E-state index contributed by atoms with van der Waals surface area (Å²) in [5.74, 6) is 0.0512. The molecule has 1 unspecified atom stereocenters. The smallest absolute Gasteiger partial charge is 0.181 e. The van der Waals surface area contributed by atoms with Crippen LogP contribution in [0.15, 0.2) is 29.6 Å². The molecule has 0 radical (unpaired) electrons. The molecule has 1 aromatic heterocycles. The zero-order valence-electron chi connectivity index (χ0n) is 11.6. The minimum atomic E-state index is -0.184. The highest BCUT2D eigenvalue weighted by Crippen LogP contribution is 2.27.